The minimum Gasteiger partial charge on any atom is -0.454 e. The number of esters is 1. The van der Waals surface area contributed by atoms with Gasteiger partial charge in [0.05, 0.1) is 25.4 Å². The van der Waals surface area contributed by atoms with Gasteiger partial charge in [-0.1, -0.05) is 253 Å². The fraction of sp³-hybridized carbons (Fsp3) is 0.735. The standard InChI is InChI=1S/C68H117NO10/c1-4-7-10-13-16-19-22-24-26-28-29-30-31-32-33-34-36-38-41-44-47-50-53-56-63(73)79-66-65(75)64(74)62(57-70)78-68(66)77-58-59(60(71)54-51-48-45-42-39-21-18-15-12-9-6-3)69-67(76)61(72)55-52-49-46-43-40-37-35-27-25-23-20-17-14-11-8-5-2/h8,11,16-17,19-20,24-27,37,40,46,49,51,54,59-62,64-66,68,70-72,74-75H,4-7,9-10,12-15,18,21-23,28-36,38-39,41-45,47-48,50,52-53,55-58H2,1-3H3,(H,69,76)/b11-8-,19-16-,20-17-,26-24-,27-25-,40-37-,49-46-,54-51+. The quantitative estimate of drug-likeness (QED) is 0.0195. The number of carbonyl (C=O) groups is 2. The van der Waals surface area contributed by atoms with Crippen LogP contribution in [-0.2, 0) is 23.8 Å². The normalized spacial score (nSPS) is 19.5. The van der Waals surface area contributed by atoms with Crippen molar-refractivity contribution in [2.45, 2.75) is 307 Å². The minimum atomic E-state index is -1.63. The third-order valence-corrected chi connectivity index (χ3v) is 14.5. The van der Waals surface area contributed by atoms with E-state index in [4.69, 9.17) is 14.2 Å². The molecule has 1 aliphatic heterocycles. The number of carbonyl (C=O) groups excluding carboxylic acids is 2. The van der Waals surface area contributed by atoms with Crippen LogP contribution < -0.4 is 5.32 Å². The van der Waals surface area contributed by atoms with Gasteiger partial charge >= 0.3 is 5.97 Å². The van der Waals surface area contributed by atoms with Crippen LogP contribution in [0.5, 0.6) is 0 Å². The van der Waals surface area contributed by atoms with E-state index >= 15 is 0 Å². The number of unbranched alkanes of at least 4 members (excludes halogenated alkanes) is 25. The lowest BCUT2D eigenvalue weighted by Gasteiger charge is -2.41. The Morgan fingerprint density at radius 3 is 1.39 bits per heavy atom. The monoisotopic (exact) mass is 1110 g/mol. The SMILES string of the molecule is CC/C=C\C/C=C\C/C=C\C/C=C\C/C=C\CCC(O)C(=O)NC(COC1OC(CO)C(O)C(O)C1OC(=O)CCCCCCCCCCCCCCC/C=C\C/C=C\CCCCC)C(O)/C=C/CCCCCCCCCCC. The Bertz CT molecular complexity index is 1650. The lowest BCUT2D eigenvalue weighted by molar-refractivity contribution is -0.305. The first-order chi connectivity index (χ1) is 38.7. The molecule has 11 heteroatoms. The Morgan fingerprint density at radius 1 is 0.506 bits per heavy atom. The van der Waals surface area contributed by atoms with E-state index in [1.54, 1.807) is 6.08 Å². The van der Waals surface area contributed by atoms with Crippen molar-refractivity contribution >= 4 is 11.9 Å². The van der Waals surface area contributed by atoms with Crippen molar-refractivity contribution in [3.05, 3.63) is 97.2 Å². The van der Waals surface area contributed by atoms with Crippen molar-refractivity contribution in [3.63, 3.8) is 0 Å². The summed E-state index contributed by atoms with van der Waals surface area (Å²) in [5.41, 5.74) is 0. The number of aliphatic hydroxyl groups excluding tert-OH is 5. The molecule has 1 aliphatic rings. The number of hydrogen-bond acceptors (Lipinski definition) is 10. The number of amides is 1. The summed E-state index contributed by atoms with van der Waals surface area (Å²) in [6.45, 7) is 5.61. The second-order valence-electron chi connectivity index (χ2n) is 21.8. The van der Waals surface area contributed by atoms with E-state index in [-0.39, 0.29) is 19.4 Å². The second kappa shape index (κ2) is 55.1. The van der Waals surface area contributed by atoms with Crippen molar-refractivity contribution in [2.75, 3.05) is 13.2 Å². The van der Waals surface area contributed by atoms with Crippen LogP contribution in [0, 0.1) is 0 Å². The van der Waals surface area contributed by atoms with Gasteiger partial charge in [-0.15, -0.1) is 0 Å². The highest BCUT2D eigenvalue weighted by atomic mass is 16.7. The summed E-state index contributed by atoms with van der Waals surface area (Å²) in [5.74, 6) is -1.26. The van der Waals surface area contributed by atoms with E-state index in [0.717, 1.165) is 83.5 Å². The molecule has 0 bridgehead atoms. The maximum Gasteiger partial charge on any atom is 0.306 e. The average molecular weight is 1110 g/mol. The first kappa shape index (κ1) is 73.6. The summed E-state index contributed by atoms with van der Waals surface area (Å²) in [7, 11) is 0. The molecule has 454 valence electrons. The topological polar surface area (TPSA) is 175 Å². The molecule has 0 aromatic heterocycles. The van der Waals surface area contributed by atoms with Gasteiger partial charge in [-0.25, -0.2) is 0 Å². The molecule has 1 rings (SSSR count). The van der Waals surface area contributed by atoms with Gasteiger partial charge in [-0.05, 0) is 96.3 Å². The molecule has 11 nitrogen and oxygen atoms in total. The number of ether oxygens (including phenoxy) is 3. The van der Waals surface area contributed by atoms with Gasteiger partial charge in [0.15, 0.2) is 12.4 Å². The Balaban J connectivity index is 2.64. The van der Waals surface area contributed by atoms with Crippen LogP contribution in [0.3, 0.4) is 0 Å². The van der Waals surface area contributed by atoms with E-state index in [9.17, 15) is 35.1 Å². The summed E-state index contributed by atoms with van der Waals surface area (Å²) in [5, 5.41) is 56.9. The number of nitrogens with one attached hydrogen (secondary N) is 1. The Kier molecular flexibility index (Phi) is 51.4. The summed E-state index contributed by atoms with van der Waals surface area (Å²) in [6, 6.07) is -1.06. The fourth-order valence-electron chi connectivity index (χ4n) is 9.42. The first-order valence-electron chi connectivity index (χ1n) is 32.0. The Labute approximate surface area is 482 Å². The van der Waals surface area contributed by atoms with Crippen LogP contribution in [0.25, 0.3) is 0 Å². The van der Waals surface area contributed by atoms with Crippen LogP contribution in [0.2, 0.25) is 0 Å². The highest BCUT2D eigenvalue weighted by Gasteiger charge is 2.47. The molecule has 1 saturated heterocycles. The van der Waals surface area contributed by atoms with Gasteiger partial charge in [-0.3, -0.25) is 9.59 Å². The van der Waals surface area contributed by atoms with Gasteiger partial charge in [0.1, 0.15) is 24.4 Å². The molecule has 0 spiro atoms. The highest BCUT2D eigenvalue weighted by molar-refractivity contribution is 5.80. The first-order valence-corrected chi connectivity index (χ1v) is 32.0. The largest absolute Gasteiger partial charge is 0.454 e. The van der Waals surface area contributed by atoms with Crippen LogP contribution in [-0.4, -0.2) is 99.6 Å². The molecular formula is C68H117NO10. The van der Waals surface area contributed by atoms with Gasteiger partial charge in [0.25, 0.3) is 0 Å². The highest BCUT2D eigenvalue weighted by Crippen LogP contribution is 2.26. The molecule has 0 saturated carbocycles. The van der Waals surface area contributed by atoms with Crippen molar-refractivity contribution in [1.29, 1.82) is 0 Å². The zero-order valence-corrected chi connectivity index (χ0v) is 50.2. The van der Waals surface area contributed by atoms with Crippen LogP contribution >= 0.6 is 0 Å². The van der Waals surface area contributed by atoms with E-state index in [1.165, 1.54) is 128 Å². The molecular weight excluding hydrogens is 991 g/mol. The molecule has 1 heterocycles. The third-order valence-electron chi connectivity index (χ3n) is 14.5. The molecule has 0 aromatic carbocycles. The van der Waals surface area contributed by atoms with Gasteiger partial charge in [0.2, 0.25) is 5.91 Å². The predicted molar refractivity (Wildman–Crippen MR) is 329 cm³/mol. The fourth-order valence-corrected chi connectivity index (χ4v) is 9.42. The molecule has 8 atom stereocenters. The zero-order chi connectivity index (χ0) is 57.5. The summed E-state index contributed by atoms with van der Waals surface area (Å²) in [4.78, 5) is 26.5. The van der Waals surface area contributed by atoms with Crippen LogP contribution in [0.4, 0.5) is 0 Å². The molecule has 0 radical (unpaired) electrons. The number of rotatable bonds is 53. The van der Waals surface area contributed by atoms with E-state index in [0.29, 0.717) is 12.8 Å². The molecule has 6 N–H and O–H groups in total. The number of allylic oxidation sites excluding steroid dienone is 15. The lowest BCUT2D eigenvalue weighted by Crippen LogP contribution is -2.61. The van der Waals surface area contributed by atoms with Gasteiger partial charge in [0, 0.05) is 6.42 Å². The molecule has 0 aliphatic carbocycles. The Hall–Kier alpha value is -3.42. The molecule has 0 aromatic rings. The van der Waals surface area contributed by atoms with Crippen LogP contribution in [0.1, 0.15) is 258 Å². The molecule has 79 heavy (non-hydrogen) atoms. The number of aliphatic hydroxyl groups is 5. The van der Waals surface area contributed by atoms with E-state index in [2.05, 4.69) is 99.0 Å². The molecule has 1 amide bonds. The van der Waals surface area contributed by atoms with Crippen molar-refractivity contribution in [1.82, 2.24) is 5.32 Å². The number of hydrogen-bond donors (Lipinski definition) is 6. The predicted octanol–water partition coefficient (Wildman–Crippen LogP) is 15.5. The zero-order valence-electron chi connectivity index (χ0n) is 50.2. The van der Waals surface area contributed by atoms with E-state index < -0.39 is 67.4 Å². The molecule has 8 unspecified atom stereocenters. The summed E-state index contributed by atoms with van der Waals surface area (Å²) >= 11 is 0. The maximum absolute atomic E-state index is 13.4. The smallest absolute Gasteiger partial charge is 0.306 e. The minimum absolute atomic E-state index is 0.112. The van der Waals surface area contributed by atoms with Gasteiger partial charge < -0.3 is 45.1 Å². The second-order valence-corrected chi connectivity index (χ2v) is 21.8. The van der Waals surface area contributed by atoms with Crippen molar-refractivity contribution < 1.29 is 49.3 Å². The van der Waals surface area contributed by atoms with Crippen LogP contribution in [0.15, 0.2) is 97.2 Å². The molecule has 1 fully saturated rings. The van der Waals surface area contributed by atoms with Crippen molar-refractivity contribution in [3.8, 4) is 0 Å². The maximum atomic E-state index is 13.4. The Morgan fingerprint density at radius 2 is 0.911 bits per heavy atom. The van der Waals surface area contributed by atoms with Crippen molar-refractivity contribution in [2.24, 2.45) is 0 Å². The van der Waals surface area contributed by atoms with E-state index in [1.807, 2.05) is 18.2 Å². The average Bonchev–Trinajstić information content (AvgIpc) is 3.45. The summed E-state index contributed by atoms with van der Waals surface area (Å²) in [6.07, 6.45) is 63.2. The lowest BCUT2D eigenvalue weighted by atomic mass is 9.99. The summed E-state index contributed by atoms with van der Waals surface area (Å²) < 4.78 is 17.6. The third kappa shape index (κ3) is 43.0. The van der Waals surface area contributed by atoms with Gasteiger partial charge in [-0.2, -0.15) is 0 Å².